The molecule has 5 rings (SSSR count). The molecule has 282 valence electrons. The first-order valence-corrected chi connectivity index (χ1v) is 18.2. The van der Waals surface area contributed by atoms with Gasteiger partial charge in [-0.1, -0.05) is 42.5 Å². The Hall–Kier alpha value is -4.32. The van der Waals surface area contributed by atoms with Gasteiger partial charge >= 0.3 is 6.09 Å². The SMILES string of the molecule is COCCCC(=O)N1CC(COC2CN(C(=O)OC(C)(C)C)CCC2c2ccc(OCCCOCc3ccccc3OC)cc2)Oc2ccccc21. The molecule has 0 spiro atoms. The number of benzene rings is 3. The molecule has 3 aromatic carbocycles. The lowest BCUT2D eigenvalue weighted by Crippen LogP contribution is -2.50. The number of carbonyl (C=O) groups is 2. The van der Waals surface area contributed by atoms with E-state index in [2.05, 4.69) is 12.1 Å². The lowest BCUT2D eigenvalue weighted by atomic mass is 9.87. The molecule has 0 N–H and O–H groups in total. The molecule has 3 atom stereocenters. The third kappa shape index (κ3) is 11.1. The number of ether oxygens (including phenoxy) is 7. The van der Waals surface area contributed by atoms with Crippen molar-refractivity contribution in [1.82, 2.24) is 4.90 Å². The molecule has 2 aliphatic rings. The Balaban J connectivity index is 1.19. The lowest BCUT2D eigenvalue weighted by molar-refractivity contribution is -0.119. The molecule has 3 aromatic rings. The van der Waals surface area contributed by atoms with Crippen molar-refractivity contribution in [1.29, 1.82) is 0 Å². The number of hydrogen-bond acceptors (Lipinski definition) is 9. The van der Waals surface area contributed by atoms with E-state index >= 15 is 0 Å². The fourth-order valence-corrected chi connectivity index (χ4v) is 6.48. The maximum atomic E-state index is 13.3. The molecular weight excluding hydrogens is 664 g/mol. The predicted octanol–water partition coefficient (Wildman–Crippen LogP) is 7.01. The van der Waals surface area contributed by atoms with Crippen molar-refractivity contribution in [3.63, 3.8) is 0 Å². The molecule has 0 saturated carbocycles. The van der Waals surface area contributed by atoms with Crippen LogP contribution >= 0.6 is 0 Å². The minimum atomic E-state index is -0.607. The lowest BCUT2D eigenvalue weighted by Gasteiger charge is -2.40. The van der Waals surface area contributed by atoms with E-state index in [9.17, 15) is 9.59 Å². The highest BCUT2D eigenvalue weighted by Crippen LogP contribution is 2.36. The number of fused-ring (bicyclic) bond motifs is 1. The molecule has 0 bridgehead atoms. The van der Waals surface area contributed by atoms with Crippen molar-refractivity contribution < 1.29 is 42.7 Å². The molecule has 0 aliphatic carbocycles. The summed E-state index contributed by atoms with van der Waals surface area (Å²) >= 11 is 0. The van der Waals surface area contributed by atoms with E-state index in [0.717, 1.165) is 34.7 Å². The van der Waals surface area contributed by atoms with Gasteiger partial charge in [-0.3, -0.25) is 4.79 Å². The van der Waals surface area contributed by atoms with Gasteiger partial charge in [-0.15, -0.1) is 0 Å². The molecule has 2 heterocycles. The summed E-state index contributed by atoms with van der Waals surface area (Å²) in [4.78, 5) is 29.9. The van der Waals surface area contributed by atoms with Crippen molar-refractivity contribution in [2.75, 3.05) is 65.2 Å². The Morgan fingerprint density at radius 2 is 1.65 bits per heavy atom. The van der Waals surface area contributed by atoms with Gasteiger partial charge in [0.05, 0.1) is 58.4 Å². The van der Waals surface area contributed by atoms with Gasteiger partial charge in [0.1, 0.15) is 29.0 Å². The van der Waals surface area contributed by atoms with Crippen molar-refractivity contribution in [3.05, 3.63) is 83.9 Å². The first-order chi connectivity index (χ1) is 25.1. The van der Waals surface area contributed by atoms with E-state index in [1.54, 1.807) is 24.0 Å². The molecule has 52 heavy (non-hydrogen) atoms. The highest BCUT2D eigenvalue weighted by atomic mass is 16.6. The Labute approximate surface area is 308 Å². The molecule has 0 aromatic heterocycles. The molecule has 2 amide bonds. The van der Waals surface area contributed by atoms with Crippen molar-refractivity contribution >= 4 is 17.7 Å². The van der Waals surface area contributed by atoms with E-state index < -0.39 is 5.60 Å². The summed E-state index contributed by atoms with van der Waals surface area (Å²) < 4.78 is 41.1. The van der Waals surface area contributed by atoms with Gasteiger partial charge < -0.3 is 43.0 Å². The van der Waals surface area contributed by atoms with Gasteiger partial charge in [-0.25, -0.2) is 4.79 Å². The van der Waals surface area contributed by atoms with E-state index in [0.29, 0.717) is 71.1 Å². The largest absolute Gasteiger partial charge is 0.496 e. The minimum absolute atomic E-state index is 0.0205. The topological polar surface area (TPSA) is 105 Å². The Morgan fingerprint density at radius 3 is 2.42 bits per heavy atom. The third-order valence-corrected chi connectivity index (χ3v) is 9.04. The number of para-hydroxylation sites is 3. The average Bonchev–Trinajstić information content (AvgIpc) is 3.14. The van der Waals surface area contributed by atoms with Crippen molar-refractivity contribution in [2.45, 2.75) is 76.8 Å². The molecule has 3 unspecified atom stereocenters. The van der Waals surface area contributed by atoms with Crippen LogP contribution in [0.25, 0.3) is 0 Å². The zero-order chi connectivity index (χ0) is 36.9. The molecule has 1 fully saturated rings. The monoisotopic (exact) mass is 718 g/mol. The van der Waals surface area contributed by atoms with Crippen molar-refractivity contribution in [2.24, 2.45) is 0 Å². The van der Waals surface area contributed by atoms with Crippen LogP contribution < -0.4 is 19.1 Å². The van der Waals surface area contributed by atoms with Crippen molar-refractivity contribution in [3.8, 4) is 17.2 Å². The fraction of sp³-hybridized carbons (Fsp3) is 0.512. The molecule has 1 saturated heterocycles. The predicted molar refractivity (Wildman–Crippen MR) is 198 cm³/mol. The standard InChI is InChI=1S/C41H54N2O9/c1-41(2,3)52-40(45)42-22-21-34(30-17-19-32(20-18-30)49-25-11-24-48-28-31-12-6-8-14-36(31)47-5)38(27-42)50-29-33-26-43(39(44)16-10-23-46-4)35-13-7-9-15-37(35)51-33/h6-9,12-15,17-20,33-34,38H,10-11,16,21-29H2,1-5H3. The van der Waals surface area contributed by atoms with Crippen LogP contribution in [0.15, 0.2) is 72.8 Å². The maximum absolute atomic E-state index is 13.3. The Morgan fingerprint density at radius 1 is 0.885 bits per heavy atom. The van der Waals surface area contributed by atoms with Crippen LogP contribution in [0, 0.1) is 0 Å². The van der Waals surface area contributed by atoms with Crippen LogP contribution in [-0.2, 0) is 30.3 Å². The quantitative estimate of drug-likeness (QED) is 0.145. The highest BCUT2D eigenvalue weighted by molar-refractivity contribution is 5.95. The zero-order valence-electron chi connectivity index (χ0n) is 31.2. The van der Waals surface area contributed by atoms with Gasteiger partial charge in [0, 0.05) is 44.6 Å². The van der Waals surface area contributed by atoms with Crippen LogP contribution in [-0.4, -0.2) is 95.0 Å². The fourth-order valence-electron chi connectivity index (χ4n) is 6.48. The summed E-state index contributed by atoms with van der Waals surface area (Å²) in [6.07, 6.45) is 1.41. The third-order valence-electron chi connectivity index (χ3n) is 9.04. The van der Waals surface area contributed by atoms with Crippen LogP contribution in [0.1, 0.15) is 63.5 Å². The summed E-state index contributed by atoms with van der Waals surface area (Å²) in [5.74, 6) is 2.30. The van der Waals surface area contributed by atoms with Crippen LogP contribution in [0.4, 0.5) is 10.5 Å². The van der Waals surface area contributed by atoms with Gasteiger partial charge in [-0.2, -0.15) is 0 Å². The Kier molecular flexibility index (Phi) is 14.2. The first-order valence-electron chi connectivity index (χ1n) is 18.2. The smallest absolute Gasteiger partial charge is 0.410 e. The van der Waals surface area contributed by atoms with Crippen LogP contribution in [0.2, 0.25) is 0 Å². The number of anilines is 1. The number of carbonyl (C=O) groups excluding carboxylic acids is 2. The summed E-state index contributed by atoms with van der Waals surface area (Å²) in [5.41, 5.74) is 2.27. The molecular formula is C41H54N2O9. The summed E-state index contributed by atoms with van der Waals surface area (Å²) in [6, 6.07) is 23.5. The van der Waals surface area contributed by atoms with Gasteiger partial charge in [0.25, 0.3) is 0 Å². The summed E-state index contributed by atoms with van der Waals surface area (Å²) in [5, 5.41) is 0. The van der Waals surface area contributed by atoms with Crippen LogP contribution in [0.3, 0.4) is 0 Å². The average molecular weight is 719 g/mol. The van der Waals surface area contributed by atoms with E-state index in [4.69, 9.17) is 33.2 Å². The first kappa shape index (κ1) is 38.9. The van der Waals surface area contributed by atoms with E-state index in [-0.39, 0.29) is 36.7 Å². The number of methoxy groups -OCH3 is 2. The highest BCUT2D eigenvalue weighted by Gasteiger charge is 2.37. The normalized spacial score (nSPS) is 18.7. The molecule has 2 aliphatic heterocycles. The van der Waals surface area contributed by atoms with Gasteiger partial charge in [0.2, 0.25) is 5.91 Å². The molecule has 11 heteroatoms. The molecule has 0 radical (unpaired) electrons. The van der Waals surface area contributed by atoms with Crippen LogP contribution in [0.5, 0.6) is 17.2 Å². The second kappa shape index (κ2) is 19.0. The number of rotatable bonds is 16. The van der Waals surface area contributed by atoms with E-state index in [1.807, 2.05) is 81.4 Å². The second-order valence-corrected chi connectivity index (χ2v) is 14.1. The summed E-state index contributed by atoms with van der Waals surface area (Å²) in [7, 11) is 3.30. The summed E-state index contributed by atoms with van der Waals surface area (Å²) in [6.45, 7) is 9.24. The number of amides is 2. The number of piperidine rings is 1. The van der Waals surface area contributed by atoms with E-state index in [1.165, 1.54) is 0 Å². The minimum Gasteiger partial charge on any atom is -0.496 e. The zero-order valence-corrected chi connectivity index (χ0v) is 31.2. The Bertz CT molecular complexity index is 1570. The van der Waals surface area contributed by atoms with Gasteiger partial charge in [0.15, 0.2) is 0 Å². The van der Waals surface area contributed by atoms with Gasteiger partial charge in [-0.05, 0) is 69.5 Å². The number of likely N-dealkylation sites (tertiary alicyclic amines) is 1. The second-order valence-electron chi connectivity index (χ2n) is 14.1. The maximum Gasteiger partial charge on any atom is 0.410 e. The number of nitrogens with zero attached hydrogens (tertiary/aromatic N) is 2. The number of hydrogen-bond donors (Lipinski definition) is 0. The molecule has 11 nitrogen and oxygen atoms in total.